The molecule has 0 bridgehead atoms. The fraction of sp³-hybridized carbons (Fsp3) is 0.647. The lowest BCUT2D eigenvalue weighted by atomic mass is 10.00. The van der Waals surface area contributed by atoms with E-state index >= 15 is 0 Å². The van der Waals surface area contributed by atoms with Crippen LogP contribution >= 0.6 is 0 Å². The van der Waals surface area contributed by atoms with Crippen LogP contribution in [-0.4, -0.2) is 56.9 Å². The van der Waals surface area contributed by atoms with Gasteiger partial charge in [0.25, 0.3) is 0 Å². The van der Waals surface area contributed by atoms with Gasteiger partial charge in [-0.05, 0) is 24.1 Å². The van der Waals surface area contributed by atoms with Gasteiger partial charge in [0.2, 0.25) is 0 Å². The van der Waals surface area contributed by atoms with Gasteiger partial charge in [-0.25, -0.2) is 0 Å². The van der Waals surface area contributed by atoms with Gasteiger partial charge in [-0.15, -0.1) is 0 Å². The Labute approximate surface area is 129 Å². The summed E-state index contributed by atoms with van der Waals surface area (Å²) in [5.74, 6) is 0.525. The third kappa shape index (κ3) is 7.05. The average Bonchev–Trinajstić information content (AvgIpc) is 2.49. The second kappa shape index (κ2) is 9.90. The van der Waals surface area contributed by atoms with E-state index in [9.17, 15) is 5.11 Å². The Balaban J connectivity index is 2.25. The van der Waals surface area contributed by atoms with Gasteiger partial charge in [-0.2, -0.15) is 0 Å². The first-order chi connectivity index (χ1) is 10.0. The monoisotopic (exact) mass is 294 g/mol. The standard InChI is InChI=1S/C17H30N2O2/c1-14(2)15-5-7-16(8-6-15)17(20)13-18-9-10-19(3)11-12-21-4/h5-8,14,17-18,20H,9-13H2,1-4H3. The van der Waals surface area contributed by atoms with Gasteiger partial charge in [0.05, 0.1) is 12.7 Å². The normalized spacial score (nSPS) is 13.1. The minimum Gasteiger partial charge on any atom is -0.387 e. The molecule has 0 aromatic heterocycles. The molecule has 0 radical (unpaired) electrons. The summed E-state index contributed by atoms with van der Waals surface area (Å²) in [5.41, 5.74) is 2.28. The summed E-state index contributed by atoms with van der Waals surface area (Å²) in [7, 11) is 3.79. The SMILES string of the molecule is COCCN(C)CCNCC(O)c1ccc(C(C)C)cc1. The molecule has 0 saturated carbocycles. The smallest absolute Gasteiger partial charge is 0.0914 e. The molecule has 1 rings (SSSR count). The van der Waals surface area contributed by atoms with Crippen molar-refractivity contribution < 1.29 is 9.84 Å². The van der Waals surface area contributed by atoms with Gasteiger partial charge in [0.1, 0.15) is 0 Å². The van der Waals surface area contributed by atoms with Crippen molar-refractivity contribution in [2.45, 2.75) is 25.9 Å². The minimum absolute atomic E-state index is 0.449. The quantitative estimate of drug-likeness (QED) is 0.648. The maximum Gasteiger partial charge on any atom is 0.0914 e. The van der Waals surface area contributed by atoms with E-state index < -0.39 is 6.10 Å². The van der Waals surface area contributed by atoms with Gasteiger partial charge >= 0.3 is 0 Å². The zero-order valence-corrected chi connectivity index (χ0v) is 13.8. The molecular formula is C17H30N2O2. The summed E-state index contributed by atoms with van der Waals surface area (Å²) in [6, 6.07) is 8.24. The highest BCUT2D eigenvalue weighted by atomic mass is 16.5. The highest BCUT2D eigenvalue weighted by molar-refractivity contribution is 5.26. The molecule has 0 fully saturated rings. The van der Waals surface area contributed by atoms with Crippen molar-refractivity contribution >= 4 is 0 Å². The van der Waals surface area contributed by atoms with Gasteiger partial charge < -0.3 is 20.1 Å². The summed E-state index contributed by atoms with van der Waals surface area (Å²) < 4.78 is 5.04. The summed E-state index contributed by atoms with van der Waals surface area (Å²) >= 11 is 0. The van der Waals surface area contributed by atoms with Crippen molar-refractivity contribution in [3.05, 3.63) is 35.4 Å². The lowest BCUT2D eigenvalue weighted by Gasteiger charge is -2.18. The second-order valence-electron chi connectivity index (χ2n) is 5.84. The molecule has 0 spiro atoms. The largest absolute Gasteiger partial charge is 0.387 e. The van der Waals surface area contributed by atoms with Crippen LogP contribution < -0.4 is 5.32 Å². The number of hydrogen-bond acceptors (Lipinski definition) is 4. The van der Waals surface area contributed by atoms with E-state index in [1.807, 2.05) is 12.1 Å². The summed E-state index contributed by atoms with van der Waals surface area (Å²) in [4.78, 5) is 2.21. The van der Waals surface area contributed by atoms with Crippen LogP contribution in [0.15, 0.2) is 24.3 Å². The number of methoxy groups -OCH3 is 1. The molecule has 4 nitrogen and oxygen atoms in total. The van der Waals surface area contributed by atoms with E-state index in [2.05, 4.69) is 43.2 Å². The first-order valence-corrected chi connectivity index (χ1v) is 7.70. The van der Waals surface area contributed by atoms with Crippen LogP contribution in [0.25, 0.3) is 0 Å². The summed E-state index contributed by atoms with van der Waals surface area (Å²) in [6.45, 7) is 8.42. The molecule has 21 heavy (non-hydrogen) atoms. The van der Waals surface area contributed by atoms with Crippen LogP contribution in [0.3, 0.4) is 0 Å². The van der Waals surface area contributed by atoms with Crippen LogP contribution in [0, 0.1) is 0 Å². The Morgan fingerprint density at radius 1 is 1.14 bits per heavy atom. The van der Waals surface area contributed by atoms with Gasteiger partial charge in [0, 0.05) is 33.3 Å². The molecule has 0 aliphatic heterocycles. The lowest BCUT2D eigenvalue weighted by molar-refractivity contribution is 0.156. The molecule has 1 aromatic rings. The Morgan fingerprint density at radius 2 is 1.76 bits per heavy atom. The van der Waals surface area contributed by atoms with Crippen molar-refractivity contribution in [1.29, 1.82) is 0 Å². The molecular weight excluding hydrogens is 264 g/mol. The van der Waals surface area contributed by atoms with E-state index in [1.54, 1.807) is 7.11 Å². The molecule has 1 unspecified atom stereocenters. The van der Waals surface area contributed by atoms with Crippen molar-refractivity contribution in [2.24, 2.45) is 0 Å². The molecule has 1 aromatic carbocycles. The third-order valence-electron chi connectivity index (χ3n) is 3.67. The molecule has 0 saturated heterocycles. The average molecular weight is 294 g/mol. The minimum atomic E-state index is -0.449. The number of likely N-dealkylation sites (N-methyl/N-ethyl adjacent to an activating group) is 1. The number of nitrogens with zero attached hydrogens (tertiary/aromatic N) is 1. The highest BCUT2D eigenvalue weighted by Crippen LogP contribution is 2.18. The number of rotatable bonds is 10. The molecule has 120 valence electrons. The van der Waals surface area contributed by atoms with Crippen molar-refractivity contribution in [1.82, 2.24) is 10.2 Å². The van der Waals surface area contributed by atoms with Crippen molar-refractivity contribution in [3.8, 4) is 0 Å². The second-order valence-corrected chi connectivity index (χ2v) is 5.84. The van der Waals surface area contributed by atoms with Gasteiger partial charge in [-0.1, -0.05) is 38.1 Å². The van der Waals surface area contributed by atoms with E-state index in [4.69, 9.17) is 4.74 Å². The number of hydrogen-bond donors (Lipinski definition) is 2. The molecule has 0 amide bonds. The van der Waals surface area contributed by atoms with Crippen molar-refractivity contribution in [2.75, 3.05) is 46.9 Å². The first-order valence-electron chi connectivity index (χ1n) is 7.70. The van der Waals surface area contributed by atoms with Gasteiger partial charge in [0.15, 0.2) is 0 Å². The Kier molecular flexibility index (Phi) is 8.54. The third-order valence-corrected chi connectivity index (χ3v) is 3.67. The predicted octanol–water partition coefficient (Wildman–Crippen LogP) is 2.01. The van der Waals surface area contributed by atoms with Crippen LogP contribution in [0.4, 0.5) is 0 Å². The van der Waals surface area contributed by atoms with Crippen molar-refractivity contribution in [3.63, 3.8) is 0 Å². The zero-order valence-electron chi connectivity index (χ0n) is 13.8. The zero-order chi connectivity index (χ0) is 15.7. The fourth-order valence-electron chi connectivity index (χ4n) is 2.09. The maximum absolute atomic E-state index is 10.2. The Morgan fingerprint density at radius 3 is 2.33 bits per heavy atom. The van der Waals surface area contributed by atoms with Gasteiger partial charge in [-0.3, -0.25) is 0 Å². The predicted molar refractivity (Wildman–Crippen MR) is 87.7 cm³/mol. The molecule has 0 heterocycles. The summed E-state index contributed by atoms with van der Waals surface area (Å²) in [5, 5.41) is 13.5. The topological polar surface area (TPSA) is 44.7 Å². The molecule has 0 aliphatic carbocycles. The number of ether oxygens (including phenoxy) is 1. The molecule has 1 atom stereocenters. The number of nitrogens with one attached hydrogen (secondary N) is 1. The number of aliphatic hydroxyl groups excluding tert-OH is 1. The van der Waals surface area contributed by atoms with E-state index in [-0.39, 0.29) is 0 Å². The molecule has 0 aliphatic rings. The van der Waals surface area contributed by atoms with Crippen LogP contribution in [0.1, 0.15) is 37.0 Å². The van der Waals surface area contributed by atoms with Crippen LogP contribution in [-0.2, 0) is 4.74 Å². The molecule has 4 heteroatoms. The Hall–Kier alpha value is -0.940. The first kappa shape index (κ1) is 18.1. The molecule has 2 N–H and O–H groups in total. The van der Waals surface area contributed by atoms with E-state index in [0.717, 1.165) is 31.8 Å². The van der Waals surface area contributed by atoms with Crippen LogP contribution in [0.2, 0.25) is 0 Å². The van der Waals surface area contributed by atoms with Crippen LogP contribution in [0.5, 0.6) is 0 Å². The lowest BCUT2D eigenvalue weighted by Crippen LogP contribution is -2.33. The fourth-order valence-corrected chi connectivity index (χ4v) is 2.09. The Bertz CT molecular complexity index is 379. The summed E-state index contributed by atoms with van der Waals surface area (Å²) in [6.07, 6.45) is -0.449. The van der Waals surface area contributed by atoms with E-state index in [0.29, 0.717) is 12.5 Å². The van der Waals surface area contributed by atoms with E-state index in [1.165, 1.54) is 5.56 Å². The number of benzene rings is 1. The highest BCUT2D eigenvalue weighted by Gasteiger charge is 2.08. The maximum atomic E-state index is 10.2. The number of aliphatic hydroxyl groups is 1.